The number of hydrogen-bond donors (Lipinski definition) is 1. The standard InChI is InChI=1S/C21H21N3O4/c1-27-19-9-5-8-17(10-19)11-22-20(25)15-28-21(26)18-12-23-24(14-18)13-16-6-3-2-4-7-16/h2-10,12,14H,11,13,15H2,1H3,(H,22,25). The highest BCUT2D eigenvalue weighted by Gasteiger charge is 2.12. The van der Waals surface area contributed by atoms with Crippen LogP contribution in [0.4, 0.5) is 0 Å². The van der Waals surface area contributed by atoms with Gasteiger partial charge in [-0.15, -0.1) is 0 Å². The van der Waals surface area contributed by atoms with E-state index in [1.54, 1.807) is 18.0 Å². The van der Waals surface area contributed by atoms with Crippen LogP contribution in [0.2, 0.25) is 0 Å². The van der Waals surface area contributed by atoms with Gasteiger partial charge in [0, 0.05) is 12.7 Å². The van der Waals surface area contributed by atoms with Crippen LogP contribution in [-0.4, -0.2) is 35.4 Å². The van der Waals surface area contributed by atoms with Crippen molar-refractivity contribution in [3.8, 4) is 5.75 Å². The van der Waals surface area contributed by atoms with Crippen molar-refractivity contribution in [3.05, 3.63) is 83.7 Å². The van der Waals surface area contributed by atoms with Crippen molar-refractivity contribution < 1.29 is 19.1 Å². The Kier molecular flexibility index (Phi) is 6.41. The summed E-state index contributed by atoms with van der Waals surface area (Å²) in [4.78, 5) is 24.0. The number of amides is 1. The summed E-state index contributed by atoms with van der Waals surface area (Å²) in [6, 6.07) is 17.1. The number of nitrogens with one attached hydrogen (secondary N) is 1. The van der Waals surface area contributed by atoms with Crippen molar-refractivity contribution >= 4 is 11.9 Å². The summed E-state index contributed by atoms with van der Waals surface area (Å²) in [5.41, 5.74) is 2.26. The number of carbonyl (C=O) groups is 2. The molecule has 3 rings (SSSR count). The molecule has 0 saturated carbocycles. The number of hydrogen-bond acceptors (Lipinski definition) is 5. The number of carbonyl (C=O) groups excluding carboxylic acids is 2. The Hall–Kier alpha value is -3.61. The predicted molar refractivity (Wildman–Crippen MR) is 103 cm³/mol. The van der Waals surface area contributed by atoms with Gasteiger partial charge >= 0.3 is 5.97 Å². The Labute approximate surface area is 162 Å². The average molecular weight is 379 g/mol. The highest BCUT2D eigenvalue weighted by molar-refractivity contribution is 5.90. The molecule has 0 aliphatic carbocycles. The first-order chi connectivity index (χ1) is 13.6. The average Bonchev–Trinajstić information content (AvgIpc) is 3.20. The van der Waals surface area contributed by atoms with Crippen LogP contribution in [0.5, 0.6) is 5.75 Å². The summed E-state index contributed by atoms with van der Waals surface area (Å²) < 4.78 is 11.8. The Bertz CT molecular complexity index is 938. The normalized spacial score (nSPS) is 10.3. The van der Waals surface area contributed by atoms with E-state index in [0.717, 1.165) is 11.1 Å². The van der Waals surface area contributed by atoms with Gasteiger partial charge in [0.2, 0.25) is 0 Å². The second-order valence-corrected chi connectivity index (χ2v) is 6.12. The minimum Gasteiger partial charge on any atom is -0.497 e. The van der Waals surface area contributed by atoms with E-state index in [1.807, 2.05) is 54.6 Å². The number of ether oxygens (including phenoxy) is 2. The zero-order valence-corrected chi connectivity index (χ0v) is 15.5. The molecule has 0 fully saturated rings. The van der Waals surface area contributed by atoms with Crippen molar-refractivity contribution in [1.29, 1.82) is 0 Å². The van der Waals surface area contributed by atoms with E-state index < -0.39 is 5.97 Å². The van der Waals surface area contributed by atoms with Gasteiger partial charge in [0.1, 0.15) is 5.75 Å². The van der Waals surface area contributed by atoms with Gasteiger partial charge in [-0.05, 0) is 23.3 Å². The van der Waals surface area contributed by atoms with Gasteiger partial charge in [-0.2, -0.15) is 5.10 Å². The summed E-state index contributed by atoms with van der Waals surface area (Å²) in [6.45, 7) is 0.518. The van der Waals surface area contributed by atoms with Gasteiger partial charge < -0.3 is 14.8 Å². The van der Waals surface area contributed by atoms with Crippen LogP contribution < -0.4 is 10.1 Å². The van der Waals surface area contributed by atoms with Crippen LogP contribution in [-0.2, 0) is 22.6 Å². The third kappa shape index (κ3) is 5.44. The van der Waals surface area contributed by atoms with Gasteiger partial charge in [-0.3, -0.25) is 9.48 Å². The monoisotopic (exact) mass is 379 g/mol. The van der Waals surface area contributed by atoms with Gasteiger partial charge in [0.15, 0.2) is 6.61 Å². The number of aromatic nitrogens is 2. The van der Waals surface area contributed by atoms with E-state index in [1.165, 1.54) is 6.20 Å². The van der Waals surface area contributed by atoms with Crippen molar-refractivity contribution in [2.45, 2.75) is 13.1 Å². The Balaban J connectivity index is 1.45. The van der Waals surface area contributed by atoms with Crippen molar-refractivity contribution in [3.63, 3.8) is 0 Å². The van der Waals surface area contributed by atoms with E-state index in [2.05, 4.69) is 10.4 Å². The largest absolute Gasteiger partial charge is 0.497 e. The van der Waals surface area contributed by atoms with E-state index in [0.29, 0.717) is 24.4 Å². The van der Waals surface area contributed by atoms with Crippen LogP contribution in [0.3, 0.4) is 0 Å². The second kappa shape index (κ2) is 9.36. The Morgan fingerprint density at radius 3 is 2.64 bits per heavy atom. The summed E-state index contributed by atoms with van der Waals surface area (Å²) >= 11 is 0. The molecule has 0 aliphatic heterocycles. The van der Waals surface area contributed by atoms with Crippen LogP contribution in [0, 0.1) is 0 Å². The maximum Gasteiger partial charge on any atom is 0.341 e. The first-order valence-electron chi connectivity index (χ1n) is 8.77. The van der Waals surface area contributed by atoms with Gasteiger partial charge in [0.05, 0.1) is 25.4 Å². The minimum atomic E-state index is -0.587. The third-order valence-corrected chi connectivity index (χ3v) is 4.01. The minimum absolute atomic E-state index is 0.302. The van der Waals surface area contributed by atoms with E-state index in [4.69, 9.17) is 9.47 Å². The van der Waals surface area contributed by atoms with E-state index in [-0.39, 0.29) is 12.5 Å². The zero-order chi connectivity index (χ0) is 19.8. The quantitative estimate of drug-likeness (QED) is 0.608. The molecule has 1 aromatic heterocycles. The second-order valence-electron chi connectivity index (χ2n) is 6.12. The fourth-order valence-electron chi connectivity index (χ4n) is 2.57. The summed E-state index contributed by atoms with van der Waals surface area (Å²) in [5, 5.41) is 6.86. The lowest BCUT2D eigenvalue weighted by atomic mass is 10.2. The smallest absolute Gasteiger partial charge is 0.341 e. The number of methoxy groups -OCH3 is 1. The van der Waals surface area contributed by atoms with Crippen LogP contribution in [0.25, 0.3) is 0 Å². The van der Waals surface area contributed by atoms with Gasteiger partial charge in [0.25, 0.3) is 5.91 Å². The summed E-state index contributed by atoms with van der Waals surface area (Å²) in [6.07, 6.45) is 3.03. The number of nitrogens with zero attached hydrogens (tertiary/aromatic N) is 2. The van der Waals surface area contributed by atoms with Gasteiger partial charge in [-0.1, -0.05) is 42.5 Å². The van der Waals surface area contributed by atoms with Crippen molar-refractivity contribution in [2.24, 2.45) is 0 Å². The summed E-state index contributed by atoms with van der Waals surface area (Å²) in [7, 11) is 1.58. The number of benzene rings is 2. The number of rotatable bonds is 8. The molecule has 1 amide bonds. The fourth-order valence-corrected chi connectivity index (χ4v) is 2.57. The first-order valence-corrected chi connectivity index (χ1v) is 8.77. The highest BCUT2D eigenvalue weighted by Crippen LogP contribution is 2.12. The molecular formula is C21H21N3O4. The zero-order valence-electron chi connectivity index (χ0n) is 15.5. The van der Waals surface area contributed by atoms with Crippen LogP contribution in [0.15, 0.2) is 67.0 Å². The molecule has 0 atom stereocenters. The first kappa shape index (κ1) is 19.2. The highest BCUT2D eigenvalue weighted by atomic mass is 16.5. The predicted octanol–water partition coefficient (Wildman–Crippen LogP) is 2.41. The Morgan fingerprint density at radius 1 is 1.07 bits per heavy atom. The molecular weight excluding hydrogens is 358 g/mol. The third-order valence-electron chi connectivity index (χ3n) is 4.01. The molecule has 1 heterocycles. The van der Waals surface area contributed by atoms with Gasteiger partial charge in [-0.25, -0.2) is 4.79 Å². The maximum absolute atomic E-state index is 12.1. The topological polar surface area (TPSA) is 82.4 Å². The molecule has 144 valence electrons. The fraction of sp³-hybridized carbons (Fsp3) is 0.190. The lowest BCUT2D eigenvalue weighted by Crippen LogP contribution is -2.28. The maximum atomic E-state index is 12.1. The Morgan fingerprint density at radius 2 is 1.86 bits per heavy atom. The molecule has 1 N–H and O–H groups in total. The van der Waals surface area contributed by atoms with Crippen LogP contribution >= 0.6 is 0 Å². The molecule has 0 unspecified atom stereocenters. The van der Waals surface area contributed by atoms with Crippen LogP contribution in [0.1, 0.15) is 21.5 Å². The molecule has 0 saturated heterocycles. The molecule has 28 heavy (non-hydrogen) atoms. The molecule has 0 spiro atoms. The SMILES string of the molecule is COc1cccc(CNC(=O)COC(=O)c2cnn(Cc3ccccc3)c2)c1. The summed E-state index contributed by atoms with van der Waals surface area (Å²) in [5.74, 6) is -0.255. The molecule has 0 bridgehead atoms. The lowest BCUT2D eigenvalue weighted by molar-refractivity contribution is -0.124. The molecule has 7 heteroatoms. The van der Waals surface area contributed by atoms with E-state index in [9.17, 15) is 9.59 Å². The lowest BCUT2D eigenvalue weighted by Gasteiger charge is -2.07. The molecule has 0 aliphatic rings. The molecule has 7 nitrogen and oxygen atoms in total. The molecule has 3 aromatic rings. The van der Waals surface area contributed by atoms with E-state index >= 15 is 0 Å². The number of esters is 1. The molecule has 0 radical (unpaired) electrons. The molecule has 2 aromatic carbocycles. The van der Waals surface area contributed by atoms with Crippen molar-refractivity contribution in [1.82, 2.24) is 15.1 Å². The van der Waals surface area contributed by atoms with Crippen molar-refractivity contribution in [2.75, 3.05) is 13.7 Å².